The van der Waals surface area contributed by atoms with Crippen LogP contribution in [0.1, 0.15) is 38.1 Å². The van der Waals surface area contributed by atoms with Gasteiger partial charge in [-0.3, -0.25) is 9.59 Å². The largest absolute Gasteiger partial charge is 0.497 e. The molecule has 35 heavy (non-hydrogen) atoms. The van der Waals surface area contributed by atoms with Crippen molar-refractivity contribution in [2.24, 2.45) is 0 Å². The standard InChI is InChI=1S/C26H29N5O4/c1-26(2,3)27-25(33)24(18-9-7-10-19(15-18)34-4)30(16-20-11-8-14-35-20)23(32)17-31-22-13-6-5-12-21(22)28-29-31/h5-15,24H,16-17H2,1-4H3,(H,27,33)/t24-/m1/s1. The summed E-state index contributed by atoms with van der Waals surface area (Å²) < 4.78 is 12.5. The predicted molar refractivity (Wildman–Crippen MR) is 130 cm³/mol. The van der Waals surface area contributed by atoms with E-state index in [0.717, 1.165) is 5.52 Å². The van der Waals surface area contributed by atoms with Gasteiger partial charge in [-0.2, -0.15) is 0 Å². The molecule has 2 aromatic carbocycles. The molecule has 0 spiro atoms. The molecule has 1 atom stereocenters. The number of rotatable bonds is 8. The summed E-state index contributed by atoms with van der Waals surface area (Å²) in [5.41, 5.74) is 1.54. The zero-order valence-corrected chi connectivity index (χ0v) is 20.3. The smallest absolute Gasteiger partial charge is 0.247 e. The van der Waals surface area contributed by atoms with Crippen molar-refractivity contribution in [1.29, 1.82) is 0 Å². The summed E-state index contributed by atoms with van der Waals surface area (Å²) in [6.07, 6.45) is 1.54. The summed E-state index contributed by atoms with van der Waals surface area (Å²) >= 11 is 0. The maximum atomic E-state index is 13.8. The molecule has 0 aliphatic heterocycles. The van der Waals surface area contributed by atoms with Crippen LogP contribution in [-0.2, 0) is 22.7 Å². The molecule has 182 valence electrons. The third kappa shape index (κ3) is 5.68. The maximum absolute atomic E-state index is 13.8. The number of ether oxygens (including phenoxy) is 1. The van der Waals surface area contributed by atoms with E-state index < -0.39 is 11.6 Å². The minimum Gasteiger partial charge on any atom is -0.497 e. The minimum absolute atomic E-state index is 0.0928. The Morgan fingerprint density at radius 3 is 2.63 bits per heavy atom. The van der Waals surface area contributed by atoms with Crippen LogP contribution in [0.5, 0.6) is 5.75 Å². The lowest BCUT2D eigenvalue weighted by Crippen LogP contribution is -2.49. The van der Waals surface area contributed by atoms with Gasteiger partial charge in [0.15, 0.2) is 0 Å². The summed E-state index contributed by atoms with van der Waals surface area (Å²) in [5, 5.41) is 11.3. The average Bonchev–Trinajstić information content (AvgIpc) is 3.48. The van der Waals surface area contributed by atoms with E-state index in [-0.39, 0.29) is 24.9 Å². The number of amides is 2. The Morgan fingerprint density at radius 2 is 1.91 bits per heavy atom. The Bertz CT molecular complexity index is 1310. The molecule has 0 radical (unpaired) electrons. The fourth-order valence-electron chi connectivity index (χ4n) is 3.87. The highest BCUT2D eigenvalue weighted by Gasteiger charge is 2.34. The second-order valence-corrected chi connectivity index (χ2v) is 9.26. The first-order valence-electron chi connectivity index (χ1n) is 11.3. The molecule has 4 aromatic rings. The van der Waals surface area contributed by atoms with Gasteiger partial charge in [0, 0.05) is 5.54 Å². The SMILES string of the molecule is COc1cccc([C@H](C(=O)NC(C)(C)C)N(Cc2ccco2)C(=O)Cn2nnc3ccccc32)c1. The van der Waals surface area contributed by atoms with Crippen molar-refractivity contribution in [2.45, 2.75) is 45.4 Å². The van der Waals surface area contributed by atoms with Crippen molar-refractivity contribution < 1.29 is 18.7 Å². The fourth-order valence-corrected chi connectivity index (χ4v) is 3.87. The molecule has 0 aliphatic rings. The Balaban J connectivity index is 1.76. The van der Waals surface area contributed by atoms with Crippen molar-refractivity contribution in [3.05, 3.63) is 78.3 Å². The molecule has 2 heterocycles. The number of benzene rings is 2. The van der Waals surface area contributed by atoms with Gasteiger partial charge in [0.05, 0.1) is 25.4 Å². The Hall–Kier alpha value is -4.14. The molecule has 0 saturated carbocycles. The maximum Gasteiger partial charge on any atom is 0.247 e. The van der Waals surface area contributed by atoms with Gasteiger partial charge in [-0.05, 0) is 62.7 Å². The third-order valence-corrected chi connectivity index (χ3v) is 5.40. The molecule has 0 bridgehead atoms. The number of hydrogen-bond acceptors (Lipinski definition) is 6. The van der Waals surface area contributed by atoms with Gasteiger partial charge >= 0.3 is 0 Å². The molecule has 9 nitrogen and oxygen atoms in total. The van der Waals surface area contributed by atoms with E-state index in [1.165, 1.54) is 9.58 Å². The highest BCUT2D eigenvalue weighted by atomic mass is 16.5. The number of furan rings is 1. The first-order valence-corrected chi connectivity index (χ1v) is 11.3. The van der Waals surface area contributed by atoms with E-state index in [1.54, 1.807) is 43.7 Å². The van der Waals surface area contributed by atoms with Crippen molar-refractivity contribution in [3.63, 3.8) is 0 Å². The van der Waals surface area contributed by atoms with Crippen molar-refractivity contribution in [3.8, 4) is 5.75 Å². The van der Waals surface area contributed by atoms with Crippen LogP contribution in [-0.4, -0.2) is 44.4 Å². The summed E-state index contributed by atoms with van der Waals surface area (Å²) in [6.45, 7) is 5.69. The number of carbonyl (C=O) groups excluding carboxylic acids is 2. The first-order chi connectivity index (χ1) is 16.7. The van der Waals surface area contributed by atoms with Gasteiger partial charge in [-0.1, -0.05) is 29.5 Å². The van der Waals surface area contributed by atoms with E-state index in [4.69, 9.17) is 9.15 Å². The molecule has 1 N–H and O–H groups in total. The molecule has 2 amide bonds. The van der Waals surface area contributed by atoms with Crippen LogP contribution < -0.4 is 10.1 Å². The monoisotopic (exact) mass is 475 g/mol. The van der Waals surface area contributed by atoms with Crippen LogP contribution in [0.3, 0.4) is 0 Å². The van der Waals surface area contributed by atoms with Crippen LogP contribution in [0.25, 0.3) is 11.0 Å². The van der Waals surface area contributed by atoms with Crippen LogP contribution >= 0.6 is 0 Å². The number of fused-ring (bicyclic) bond motifs is 1. The minimum atomic E-state index is -0.934. The second-order valence-electron chi connectivity index (χ2n) is 9.26. The molecule has 0 fully saturated rings. The van der Waals surface area contributed by atoms with Crippen LogP contribution in [0.2, 0.25) is 0 Å². The number of nitrogens with zero attached hydrogens (tertiary/aromatic N) is 4. The lowest BCUT2D eigenvalue weighted by molar-refractivity contribution is -0.143. The van der Waals surface area contributed by atoms with E-state index >= 15 is 0 Å². The van der Waals surface area contributed by atoms with Gasteiger partial charge in [0.2, 0.25) is 11.8 Å². The Labute approximate surface area is 203 Å². The lowest BCUT2D eigenvalue weighted by Gasteiger charge is -2.33. The molecule has 4 rings (SSSR count). The van der Waals surface area contributed by atoms with Gasteiger partial charge in [-0.25, -0.2) is 4.68 Å². The number of aromatic nitrogens is 3. The van der Waals surface area contributed by atoms with Crippen LogP contribution in [0, 0.1) is 0 Å². The lowest BCUT2D eigenvalue weighted by atomic mass is 10.0. The molecule has 0 saturated heterocycles. The molecule has 0 aliphatic carbocycles. The third-order valence-electron chi connectivity index (χ3n) is 5.40. The molecule has 0 unspecified atom stereocenters. The summed E-state index contributed by atoms with van der Waals surface area (Å²) in [5.74, 6) is 0.519. The van der Waals surface area contributed by atoms with Crippen molar-refractivity contribution in [2.75, 3.05) is 7.11 Å². The number of hydrogen-bond donors (Lipinski definition) is 1. The highest BCUT2D eigenvalue weighted by Crippen LogP contribution is 2.28. The number of nitrogens with one attached hydrogen (secondary N) is 1. The van der Waals surface area contributed by atoms with E-state index in [1.807, 2.05) is 51.1 Å². The van der Waals surface area contributed by atoms with Crippen molar-refractivity contribution in [1.82, 2.24) is 25.2 Å². The quantitative estimate of drug-likeness (QED) is 0.417. The summed E-state index contributed by atoms with van der Waals surface area (Å²) in [7, 11) is 1.56. The molecular weight excluding hydrogens is 446 g/mol. The van der Waals surface area contributed by atoms with Gasteiger partial charge in [0.25, 0.3) is 0 Å². The van der Waals surface area contributed by atoms with E-state index in [9.17, 15) is 9.59 Å². The molecule has 2 aromatic heterocycles. The topological polar surface area (TPSA) is 102 Å². The van der Waals surface area contributed by atoms with Crippen LogP contribution in [0.15, 0.2) is 71.3 Å². The highest BCUT2D eigenvalue weighted by molar-refractivity contribution is 5.89. The van der Waals surface area contributed by atoms with Crippen molar-refractivity contribution >= 4 is 22.8 Å². The summed E-state index contributed by atoms with van der Waals surface area (Å²) in [6, 6.07) is 17.2. The normalized spacial score (nSPS) is 12.3. The number of methoxy groups -OCH3 is 1. The number of para-hydroxylation sites is 1. The predicted octanol–water partition coefficient (Wildman–Crippen LogP) is 3.72. The Morgan fingerprint density at radius 1 is 1.11 bits per heavy atom. The summed E-state index contributed by atoms with van der Waals surface area (Å²) in [4.78, 5) is 28.9. The van der Waals surface area contributed by atoms with Gasteiger partial charge in [0.1, 0.15) is 29.6 Å². The van der Waals surface area contributed by atoms with E-state index in [2.05, 4.69) is 15.6 Å². The van der Waals surface area contributed by atoms with E-state index in [0.29, 0.717) is 22.6 Å². The zero-order valence-electron chi connectivity index (χ0n) is 20.3. The average molecular weight is 476 g/mol. The second kappa shape index (κ2) is 10.0. The Kier molecular flexibility index (Phi) is 6.86. The zero-order chi connectivity index (χ0) is 25.0. The van der Waals surface area contributed by atoms with Gasteiger partial charge < -0.3 is 19.4 Å². The first kappa shape index (κ1) is 24.0. The molecule has 9 heteroatoms. The van der Waals surface area contributed by atoms with Gasteiger partial charge in [-0.15, -0.1) is 5.10 Å². The number of carbonyl (C=O) groups is 2. The van der Waals surface area contributed by atoms with Crippen LogP contribution in [0.4, 0.5) is 0 Å². The molecular formula is C26H29N5O4. The fraction of sp³-hybridized carbons (Fsp3) is 0.308.